The summed E-state index contributed by atoms with van der Waals surface area (Å²) in [6.45, 7) is 3.18. The van der Waals surface area contributed by atoms with Gasteiger partial charge in [-0.05, 0) is 44.2 Å². The first-order chi connectivity index (χ1) is 11.2. The van der Waals surface area contributed by atoms with Crippen LogP contribution < -0.4 is 5.56 Å². The third-order valence-electron chi connectivity index (χ3n) is 4.75. The maximum Gasteiger partial charge on any atom is 0.258 e. The fourth-order valence-electron chi connectivity index (χ4n) is 3.42. The van der Waals surface area contributed by atoms with Crippen molar-refractivity contribution >= 4 is 22.7 Å². The van der Waals surface area contributed by atoms with E-state index in [0.29, 0.717) is 11.4 Å². The fourth-order valence-corrected chi connectivity index (χ4v) is 4.56. The van der Waals surface area contributed by atoms with Gasteiger partial charge in [-0.2, -0.15) is 11.8 Å². The van der Waals surface area contributed by atoms with Gasteiger partial charge in [0.2, 0.25) is 0 Å². The van der Waals surface area contributed by atoms with Crippen LogP contribution in [-0.4, -0.2) is 45.5 Å². The van der Waals surface area contributed by atoms with Crippen LogP contribution in [0.3, 0.4) is 0 Å². The number of para-hydroxylation sites is 1. The molecule has 1 N–H and O–H groups in total. The van der Waals surface area contributed by atoms with Crippen molar-refractivity contribution in [1.29, 1.82) is 0 Å². The van der Waals surface area contributed by atoms with Gasteiger partial charge in [-0.25, -0.2) is 4.98 Å². The molecule has 1 aliphatic carbocycles. The number of hydrogen-bond acceptors (Lipinski definition) is 4. The van der Waals surface area contributed by atoms with Gasteiger partial charge in [0.15, 0.2) is 0 Å². The Morgan fingerprint density at radius 2 is 2.17 bits per heavy atom. The van der Waals surface area contributed by atoms with Crippen LogP contribution in [0.5, 0.6) is 0 Å². The third-order valence-corrected chi connectivity index (χ3v) is 5.98. The Hall–Kier alpha value is -1.33. The molecule has 1 aromatic heterocycles. The minimum absolute atomic E-state index is 0.0338. The Balaban J connectivity index is 1.61. The zero-order valence-electron chi connectivity index (χ0n) is 13.9. The summed E-state index contributed by atoms with van der Waals surface area (Å²) < 4.78 is 0. The van der Waals surface area contributed by atoms with E-state index in [1.807, 2.05) is 24.3 Å². The van der Waals surface area contributed by atoms with Gasteiger partial charge in [-0.3, -0.25) is 4.79 Å². The highest BCUT2D eigenvalue weighted by atomic mass is 32.2. The molecule has 3 rings (SSSR count). The second-order valence-corrected chi connectivity index (χ2v) is 7.88. The van der Waals surface area contributed by atoms with E-state index < -0.39 is 0 Å². The number of benzene rings is 1. The number of fused-ring (bicyclic) bond motifs is 1. The lowest BCUT2D eigenvalue weighted by atomic mass is 10.2. The van der Waals surface area contributed by atoms with Crippen molar-refractivity contribution in [2.75, 3.05) is 19.3 Å². The molecule has 1 fully saturated rings. The number of nitrogens with zero attached hydrogens (tertiary/aromatic N) is 2. The van der Waals surface area contributed by atoms with Crippen molar-refractivity contribution in [3.05, 3.63) is 40.4 Å². The highest BCUT2D eigenvalue weighted by Gasteiger charge is 2.27. The van der Waals surface area contributed by atoms with Crippen LogP contribution in [0.25, 0.3) is 10.9 Å². The summed E-state index contributed by atoms with van der Waals surface area (Å²) in [4.78, 5) is 22.1. The molecule has 0 amide bonds. The molecule has 0 unspecified atom stereocenters. The van der Waals surface area contributed by atoms with Gasteiger partial charge < -0.3 is 9.88 Å². The number of thioether (sulfide) groups is 1. The molecule has 2 aromatic rings. The second-order valence-electron chi connectivity index (χ2n) is 6.30. The van der Waals surface area contributed by atoms with E-state index in [1.165, 1.54) is 25.0 Å². The predicted molar refractivity (Wildman–Crippen MR) is 98.3 cm³/mol. The van der Waals surface area contributed by atoms with Crippen molar-refractivity contribution in [3.63, 3.8) is 0 Å². The Kier molecular flexibility index (Phi) is 5.38. The van der Waals surface area contributed by atoms with E-state index in [0.717, 1.165) is 29.6 Å². The van der Waals surface area contributed by atoms with E-state index in [-0.39, 0.29) is 5.56 Å². The van der Waals surface area contributed by atoms with Crippen LogP contribution >= 0.6 is 11.8 Å². The van der Waals surface area contributed by atoms with Gasteiger partial charge in [0.25, 0.3) is 5.56 Å². The first kappa shape index (κ1) is 16.5. The van der Waals surface area contributed by atoms with Crippen molar-refractivity contribution in [3.8, 4) is 0 Å². The van der Waals surface area contributed by atoms with Gasteiger partial charge in [0, 0.05) is 24.3 Å². The topological polar surface area (TPSA) is 49.0 Å². The average molecular weight is 331 g/mol. The number of hydrogen-bond donors (Lipinski definition) is 1. The zero-order chi connectivity index (χ0) is 16.2. The Morgan fingerprint density at radius 1 is 1.35 bits per heavy atom. The number of H-pyrrole nitrogens is 1. The molecule has 1 heterocycles. The molecule has 0 saturated heterocycles. The first-order valence-electron chi connectivity index (χ1n) is 8.47. The number of likely N-dealkylation sites (N-methyl/N-ethyl adjacent to an activating group) is 1. The lowest BCUT2D eigenvalue weighted by molar-refractivity contribution is 0.247. The molecular formula is C18H25N3OS. The smallest absolute Gasteiger partial charge is 0.258 e. The summed E-state index contributed by atoms with van der Waals surface area (Å²) in [5, 5.41) is 1.49. The molecule has 0 aliphatic heterocycles. The quantitative estimate of drug-likeness (QED) is 0.884. The van der Waals surface area contributed by atoms with Crippen LogP contribution in [-0.2, 0) is 6.42 Å². The molecule has 5 heteroatoms. The van der Waals surface area contributed by atoms with E-state index in [9.17, 15) is 4.79 Å². The number of aromatic amines is 1. The highest BCUT2D eigenvalue weighted by Crippen LogP contribution is 2.32. The molecule has 23 heavy (non-hydrogen) atoms. The first-order valence-corrected chi connectivity index (χ1v) is 9.52. The normalized spacial score (nSPS) is 21.3. The SMILES string of the molecule is CCS[C@@H]1CC[C@@H](N(C)CCc2nc3ccccc3c(=O)[nH]2)C1. The summed E-state index contributed by atoms with van der Waals surface area (Å²) in [5.74, 6) is 2.00. The van der Waals surface area contributed by atoms with E-state index in [2.05, 4.69) is 40.6 Å². The predicted octanol–water partition coefficient (Wildman–Crippen LogP) is 3.07. The molecule has 1 aromatic carbocycles. The molecule has 2 atom stereocenters. The Labute approximate surface area is 141 Å². The van der Waals surface area contributed by atoms with Crippen molar-refractivity contribution in [2.45, 2.75) is 43.9 Å². The lowest BCUT2D eigenvalue weighted by Gasteiger charge is -2.24. The van der Waals surface area contributed by atoms with E-state index in [4.69, 9.17) is 0 Å². The summed E-state index contributed by atoms with van der Waals surface area (Å²) in [6, 6.07) is 8.19. The van der Waals surface area contributed by atoms with Gasteiger partial charge in [-0.15, -0.1) is 0 Å². The minimum atomic E-state index is -0.0338. The van der Waals surface area contributed by atoms with Gasteiger partial charge in [0.05, 0.1) is 10.9 Å². The molecule has 0 spiro atoms. The summed E-state index contributed by atoms with van der Waals surface area (Å²) in [7, 11) is 2.20. The summed E-state index contributed by atoms with van der Waals surface area (Å²) in [6.07, 6.45) is 4.70. The van der Waals surface area contributed by atoms with E-state index in [1.54, 1.807) is 0 Å². The van der Waals surface area contributed by atoms with Gasteiger partial charge >= 0.3 is 0 Å². The Bertz CT molecular complexity index is 715. The number of nitrogens with one attached hydrogen (secondary N) is 1. The monoisotopic (exact) mass is 331 g/mol. The molecule has 4 nitrogen and oxygen atoms in total. The molecular weight excluding hydrogens is 306 g/mol. The van der Waals surface area contributed by atoms with Crippen molar-refractivity contribution < 1.29 is 0 Å². The zero-order valence-corrected chi connectivity index (χ0v) is 14.7. The van der Waals surface area contributed by atoms with Crippen LogP contribution in [0.2, 0.25) is 0 Å². The highest BCUT2D eigenvalue weighted by molar-refractivity contribution is 7.99. The van der Waals surface area contributed by atoms with Crippen molar-refractivity contribution in [1.82, 2.24) is 14.9 Å². The molecule has 1 saturated carbocycles. The summed E-state index contributed by atoms with van der Waals surface area (Å²) >= 11 is 2.09. The van der Waals surface area contributed by atoms with Crippen LogP contribution in [0.1, 0.15) is 32.0 Å². The fraction of sp³-hybridized carbons (Fsp3) is 0.556. The molecule has 0 bridgehead atoms. The average Bonchev–Trinajstić information content (AvgIpc) is 3.02. The third kappa shape index (κ3) is 3.96. The van der Waals surface area contributed by atoms with Crippen LogP contribution in [0.4, 0.5) is 0 Å². The number of rotatable bonds is 6. The standard InChI is InChI=1S/C18H25N3OS/c1-3-23-14-9-8-13(12-14)21(2)11-10-17-19-16-7-5-4-6-15(16)18(22)20-17/h4-7,13-14H,3,8-12H2,1-2H3,(H,19,20,22)/t13-,14-/m1/s1. The van der Waals surface area contributed by atoms with Gasteiger partial charge in [0.1, 0.15) is 5.82 Å². The van der Waals surface area contributed by atoms with Crippen molar-refractivity contribution in [2.24, 2.45) is 0 Å². The second kappa shape index (κ2) is 7.49. The van der Waals surface area contributed by atoms with Gasteiger partial charge in [-0.1, -0.05) is 19.1 Å². The maximum atomic E-state index is 12.1. The van der Waals surface area contributed by atoms with Crippen LogP contribution in [0.15, 0.2) is 29.1 Å². The lowest BCUT2D eigenvalue weighted by Crippen LogP contribution is -2.32. The minimum Gasteiger partial charge on any atom is -0.310 e. The maximum absolute atomic E-state index is 12.1. The molecule has 1 aliphatic rings. The molecule has 0 radical (unpaired) electrons. The summed E-state index contributed by atoms with van der Waals surface area (Å²) in [5.41, 5.74) is 0.753. The largest absolute Gasteiger partial charge is 0.310 e. The molecule has 124 valence electrons. The Morgan fingerprint density at radius 3 is 3.00 bits per heavy atom. The van der Waals surface area contributed by atoms with E-state index >= 15 is 0 Å². The van der Waals surface area contributed by atoms with Crippen LogP contribution in [0, 0.1) is 0 Å². The number of aromatic nitrogens is 2.